The van der Waals surface area contributed by atoms with Crippen molar-refractivity contribution in [2.45, 2.75) is 34.1 Å². The third-order valence-electron chi connectivity index (χ3n) is 2.34. The van der Waals surface area contributed by atoms with Gasteiger partial charge < -0.3 is 0 Å². The zero-order valence-corrected chi connectivity index (χ0v) is 7.77. The molecule has 0 radical (unpaired) electrons. The lowest BCUT2D eigenvalue weighted by atomic mass is 9.80. The molecule has 0 saturated carbocycles. The van der Waals surface area contributed by atoms with Crippen molar-refractivity contribution < 1.29 is 4.79 Å². The smallest absolute Gasteiger partial charge is 0.156 e. The molecule has 62 valence electrons. The standard InChI is InChI=1S/C10H16O/c1-7(2)9-5-8(11)6-10(9,3)4/h5,7H,6H2,1-4H3. The van der Waals surface area contributed by atoms with Gasteiger partial charge in [-0.15, -0.1) is 0 Å². The lowest BCUT2D eigenvalue weighted by Crippen LogP contribution is -2.14. The van der Waals surface area contributed by atoms with Crippen molar-refractivity contribution >= 4 is 5.78 Å². The van der Waals surface area contributed by atoms with E-state index < -0.39 is 0 Å². The molecule has 11 heavy (non-hydrogen) atoms. The van der Waals surface area contributed by atoms with Gasteiger partial charge in [0, 0.05) is 6.42 Å². The molecule has 0 aromatic heterocycles. The van der Waals surface area contributed by atoms with E-state index in [4.69, 9.17) is 0 Å². The van der Waals surface area contributed by atoms with E-state index in [1.54, 1.807) is 0 Å². The third-order valence-corrected chi connectivity index (χ3v) is 2.34. The molecular formula is C10H16O. The predicted molar refractivity (Wildman–Crippen MR) is 46.3 cm³/mol. The SMILES string of the molecule is CC(C)C1=CC(=O)CC1(C)C. The average Bonchev–Trinajstić information content (AvgIpc) is 2.04. The second kappa shape index (κ2) is 2.47. The number of hydrogen-bond donors (Lipinski definition) is 0. The molecule has 0 atom stereocenters. The van der Waals surface area contributed by atoms with Gasteiger partial charge in [0.05, 0.1) is 0 Å². The Kier molecular flexibility index (Phi) is 1.91. The topological polar surface area (TPSA) is 17.1 Å². The lowest BCUT2D eigenvalue weighted by molar-refractivity contribution is -0.115. The van der Waals surface area contributed by atoms with Gasteiger partial charge in [-0.25, -0.2) is 0 Å². The highest BCUT2D eigenvalue weighted by Gasteiger charge is 2.33. The summed E-state index contributed by atoms with van der Waals surface area (Å²) < 4.78 is 0. The first-order chi connectivity index (χ1) is 4.93. The predicted octanol–water partition coefficient (Wildman–Crippen LogP) is 2.57. The molecule has 0 bridgehead atoms. The molecule has 0 amide bonds. The quantitative estimate of drug-likeness (QED) is 0.564. The fourth-order valence-electron chi connectivity index (χ4n) is 1.91. The van der Waals surface area contributed by atoms with Crippen molar-refractivity contribution in [1.29, 1.82) is 0 Å². The van der Waals surface area contributed by atoms with Crippen LogP contribution in [0.3, 0.4) is 0 Å². The van der Waals surface area contributed by atoms with Crippen LogP contribution in [0.5, 0.6) is 0 Å². The van der Waals surface area contributed by atoms with Crippen molar-refractivity contribution in [3.63, 3.8) is 0 Å². The number of hydrogen-bond acceptors (Lipinski definition) is 1. The molecule has 1 rings (SSSR count). The number of rotatable bonds is 1. The Bertz CT molecular complexity index is 209. The largest absolute Gasteiger partial charge is 0.295 e. The Morgan fingerprint density at radius 3 is 2.18 bits per heavy atom. The Balaban J connectivity index is 2.92. The summed E-state index contributed by atoms with van der Waals surface area (Å²) in [5.74, 6) is 0.801. The van der Waals surface area contributed by atoms with Crippen molar-refractivity contribution in [3.8, 4) is 0 Å². The molecule has 0 aromatic carbocycles. The van der Waals surface area contributed by atoms with Crippen LogP contribution in [0, 0.1) is 11.3 Å². The maximum Gasteiger partial charge on any atom is 0.156 e. The summed E-state index contributed by atoms with van der Waals surface area (Å²) in [5.41, 5.74) is 1.42. The zero-order chi connectivity index (χ0) is 8.65. The van der Waals surface area contributed by atoms with E-state index in [9.17, 15) is 4.79 Å². The van der Waals surface area contributed by atoms with Crippen LogP contribution < -0.4 is 0 Å². The first kappa shape index (κ1) is 8.51. The van der Waals surface area contributed by atoms with Crippen LogP contribution in [0.15, 0.2) is 11.6 Å². The minimum Gasteiger partial charge on any atom is -0.295 e. The van der Waals surface area contributed by atoms with Crippen LogP contribution >= 0.6 is 0 Å². The van der Waals surface area contributed by atoms with Crippen molar-refractivity contribution in [2.75, 3.05) is 0 Å². The van der Waals surface area contributed by atoms with E-state index >= 15 is 0 Å². The molecule has 0 saturated heterocycles. The van der Waals surface area contributed by atoms with Crippen LogP contribution in [0.2, 0.25) is 0 Å². The van der Waals surface area contributed by atoms with Crippen LogP contribution in [0.4, 0.5) is 0 Å². The van der Waals surface area contributed by atoms with E-state index in [0.29, 0.717) is 18.1 Å². The van der Waals surface area contributed by atoms with E-state index in [0.717, 1.165) is 0 Å². The second-order valence-corrected chi connectivity index (χ2v) is 4.28. The summed E-state index contributed by atoms with van der Waals surface area (Å²) in [4.78, 5) is 11.1. The van der Waals surface area contributed by atoms with E-state index in [2.05, 4.69) is 27.7 Å². The Morgan fingerprint density at radius 2 is 2.00 bits per heavy atom. The molecule has 0 N–H and O–H groups in total. The van der Waals surface area contributed by atoms with Crippen molar-refractivity contribution in [2.24, 2.45) is 11.3 Å². The number of ketones is 1. The van der Waals surface area contributed by atoms with Gasteiger partial charge in [-0.2, -0.15) is 0 Å². The van der Waals surface area contributed by atoms with Gasteiger partial charge in [0.2, 0.25) is 0 Å². The minimum absolute atomic E-state index is 0.116. The summed E-state index contributed by atoms with van der Waals surface area (Å²) in [6.45, 7) is 8.58. The zero-order valence-electron chi connectivity index (χ0n) is 7.77. The summed E-state index contributed by atoms with van der Waals surface area (Å²) >= 11 is 0. The highest BCUT2D eigenvalue weighted by atomic mass is 16.1. The molecular weight excluding hydrogens is 136 g/mol. The summed E-state index contributed by atoms with van der Waals surface area (Å²) in [5, 5.41) is 0. The van der Waals surface area contributed by atoms with E-state index in [1.807, 2.05) is 6.08 Å². The molecule has 1 heteroatoms. The number of carbonyl (C=O) groups excluding carboxylic acids is 1. The molecule has 0 fully saturated rings. The van der Waals surface area contributed by atoms with Gasteiger partial charge in [0.15, 0.2) is 5.78 Å². The first-order valence-corrected chi connectivity index (χ1v) is 4.18. The molecule has 1 nitrogen and oxygen atoms in total. The van der Waals surface area contributed by atoms with Crippen LogP contribution in [0.25, 0.3) is 0 Å². The molecule has 0 aliphatic heterocycles. The van der Waals surface area contributed by atoms with Gasteiger partial charge in [0.25, 0.3) is 0 Å². The van der Waals surface area contributed by atoms with Gasteiger partial charge in [-0.05, 0) is 17.4 Å². The summed E-state index contributed by atoms with van der Waals surface area (Å²) in [7, 11) is 0. The minimum atomic E-state index is 0.116. The molecule has 0 aromatic rings. The fourth-order valence-corrected chi connectivity index (χ4v) is 1.91. The maximum atomic E-state index is 11.1. The monoisotopic (exact) mass is 152 g/mol. The molecule has 1 aliphatic rings. The van der Waals surface area contributed by atoms with Gasteiger partial charge in [0.1, 0.15) is 0 Å². The molecule has 0 spiro atoms. The number of carbonyl (C=O) groups is 1. The Labute approximate surface area is 68.5 Å². The normalized spacial score (nSPS) is 22.6. The summed E-state index contributed by atoms with van der Waals surface area (Å²) in [6.07, 6.45) is 2.52. The van der Waals surface area contributed by atoms with Crippen LogP contribution in [-0.4, -0.2) is 5.78 Å². The highest BCUT2D eigenvalue weighted by molar-refractivity contribution is 5.94. The first-order valence-electron chi connectivity index (χ1n) is 4.18. The maximum absolute atomic E-state index is 11.1. The van der Waals surface area contributed by atoms with E-state index in [1.165, 1.54) is 5.57 Å². The van der Waals surface area contributed by atoms with Crippen molar-refractivity contribution in [3.05, 3.63) is 11.6 Å². The van der Waals surface area contributed by atoms with Gasteiger partial charge in [-0.1, -0.05) is 33.3 Å². The lowest BCUT2D eigenvalue weighted by Gasteiger charge is -2.24. The highest BCUT2D eigenvalue weighted by Crippen LogP contribution is 2.39. The summed E-state index contributed by atoms with van der Waals surface area (Å²) in [6, 6.07) is 0. The van der Waals surface area contributed by atoms with Crippen molar-refractivity contribution in [1.82, 2.24) is 0 Å². The third kappa shape index (κ3) is 1.52. The second-order valence-electron chi connectivity index (χ2n) is 4.28. The molecule has 1 aliphatic carbocycles. The van der Waals surface area contributed by atoms with Gasteiger partial charge in [-0.3, -0.25) is 4.79 Å². The van der Waals surface area contributed by atoms with Crippen LogP contribution in [0.1, 0.15) is 34.1 Å². The average molecular weight is 152 g/mol. The Morgan fingerprint density at radius 1 is 1.45 bits per heavy atom. The van der Waals surface area contributed by atoms with Crippen LogP contribution in [-0.2, 0) is 4.79 Å². The fraction of sp³-hybridized carbons (Fsp3) is 0.700. The van der Waals surface area contributed by atoms with E-state index in [-0.39, 0.29) is 5.41 Å². The molecule has 0 unspecified atom stereocenters. The van der Waals surface area contributed by atoms with Gasteiger partial charge >= 0.3 is 0 Å². The Hall–Kier alpha value is -0.590. The molecule has 0 heterocycles. The number of allylic oxidation sites excluding steroid dienone is 2.